The monoisotopic (exact) mass is 334 g/mol. The quantitative estimate of drug-likeness (QED) is 0.736. The van der Waals surface area contributed by atoms with Gasteiger partial charge in [0, 0.05) is 5.69 Å². The summed E-state index contributed by atoms with van der Waals surface area (Å²) < 4.78 is 1.67. The van der Waals surface area contributed by atoms with Gasteiger partial charge in [0.2, 0.25) is 0 Å². The van der Waals surface area contributed by atoms with Crippen LogP contribution < -0.4 is 5.32 Å². The molecule has 1 aromatic heterocycles. The van der Waals surface area contributed by atoms with Crippen molar-refractivity contribution in [2.75, 3.05) is 5.32 Å². The molecule has 5 nitrogen and oxygen atoms in total. The molecule has 0 radical (unpaired) electrons. The fourth-order valence-electron chi connectivity index (χ4n) is 2.68. The predicted octanol–water partition coefficient (Wildman–Crippen LogP) is 4.17. The zero-order chi connectivity index (χ0) is 17.6. The van der Waals surface area contributed by atoms with Crippen LogP contribution in [0.2, 0.25) is 0 Å². The van der Waals surface area contributed by atoms with Crippen LogP contribution in [0.15, 0.2) is 54.6 Å². The van der Waals surface area contributed by atoms with E-state index < -0.39 is 0 Å². The van der Waals surface area contributed by atoms with Gasteiger partial charge >= 0.3 is 0 Å². The van der Waals surface area contributed by atoms with Crippen molar-refractivity contribution in [1.82, 2.24) is 15.0 Å². The zero-order valence-corrected chi connectivity index (χ0v) is 14.6. The lowest BCUT2D eigenvalue weighted by Crippen LogP contribution is -2.14. The van der Waals surface area contributed by atoms with E-state index in [2.05, 4.69) is 34.7 Å². The lowest BCUT2D eigenvalue weighted by Gasteiger charge is -2.06. The number of para-hydroxylation sites is 1. The number of hydrogen-bond donors (Lipinski definition) is 1. The molecular formula is C20H22N4O. The van der Waals surface area contributed by atoms with Gasteiger partial charge in [-0.3, -0.25) is 4.79 Å². The molecule has 2 aromatic carbocycles. The van der Waals surface area contributed by atoms with Gasteiger partial charge in [0.05, 0.1) is 11.4 Å². The average molecular weight is 334 g/mol. The number of aromatic nitrogens is 3. The molecule has 5 heteroatoms. The summed E-state index contributed by atoms with van der Waals surface area (Å²) in [5.74, 6) is -0.249. The number of amides is 1. The summed E-state index contributed by atoms with van der Waals surface area (Å²) in [4.78, 5) is 12.5. The van der Waals surface area contributed by atoms with Crippen LogP contribution in [0.3, 0.4) is 0 Å². The van der Waals surface area contributed by atoms with Crippen molar-refractivity contribution in [2.24, 2.45) is 0 Å². The highest BCUT2D eigenvalue weighted by Crippen LogP contribution is 2.15. The molecule has 3 rings (SSSR count). The number of rotatable bonds is 6. The van der Waals surface area contributed by atoms with Gasteiger partial charge in [-0.05, 0) is 49.6 Å². The van der Waals surface area contributed by atoms with Crippen LogP contribution in [-0.4, -0.2) is 20.9 Å². The first-order chi connectivity index (χ1) is 12.2. The summed E-state index contributed by atoms with van der Waals surface area (Å²) in [6, 6.07) is 17.6. The van der Waals surface area contributed by atoms with Crippen LogP contribution in [0.5, 0.6) is 0 Å². The standard InChI is InChI=1S/C20H22N4O/c1-3-4-8-16-11-13-17(14-12-16)21-20(25)19-15(2)24(23-22-19)18-9-6-5-7-10-18/h5-7,9-14H,3-4,8H2,1-2H3,(H,21,25). The molecule has 0 saturated carbocycles. The van der Waals surface area contributed by atoms with E-state index in [1.54, 1.807) is 4.68 Å². The molecule has 3 aromatic rings. The Labute approximate surface area is 147 Å². The van der Waals surface area contributed by atoms with Crippen LogP contribution >= 0.6 is 0 Å². The summed E-state index contributed by atoms with van der Waals surface area (Å²) >= 11 is 0. The van der Waals surface area contributed by atoms with Crippen molar-refractivity contribution in [2.45, 2.75) is 33.1 Å². The van der Waals surface area contributed by atoms with Crippen molar-refractivity contribution in [3.8, 4) is 5.69 Å². The number of anilines is 1. The number of carbonyl (C=O) groups excluding carboxylic acids is 1. The molecule has 0 bridgehead atoms. The van der Waals surface area contributed by atoms with Gasteiger partial charge < -0.3 is 5.32 Å². The number of hydrogen-bond acceptors (Lipinski definition) is 3. The van der Waals surface area contributed by atoms with Crippen molar-refractivity contribution < 1.29 is 4.79 Å². The minimum absolute atomic E-state index is 0.249. The summed E-state index contributed by atoms with van der Waals surface area (Å²) in [7, 11) is 0. The normalized spacial score (nSPS) is 10.6. The molecule has 1 amide bonds. The zero-order valence-electron chi connectivity index (χ0n) is 14.6. The minimum atomic E-state index is -0.249. The number of carbonyl (C=O) groups is 1. The van der Waals surface area contributed by atoms with Gasteiger partial charge in [-0.2, -0.15) is 0 Å². The summed E-state index contributed by atoms with van der Waals surface area (Å²) in [6.07, 6.45) is 3.41. The summed E-state index contributed by atoms with van der Waals surface area (Å²) in [5.41, 5.74) is 3.97. The third-order valence-corrected chi connectivity index (χ3v) is 4.14. The third kappa shape index (κ3) is 3.94. The van der Waals surface area contributed by atoms with Gasteiger partial charge in [0.25, 0.3) is 5.91 Å². The fourth-order valence-corrected chi connectivity index (χ4v) is 2.68. The molecule has 0 saturated heterocycles. The van der Waals surface area contributed by atoms with Crippen LogP contribution in [0.1, 0.15) is 41.5 Å². The summed E-state index contributed by atoms with van der Waals surface area (Å²) in [5, 5.41) is 11.0. The lowest BCUT2D eigenvalue weighted by atomic mass is 10.1. The molecule has 1 heterocycles. The van der Waals surface area contributed by atoms with Gasteiger partial charge in [0.15, 0.2) is 5.69 Å². The molecule has 128 valence electrons. The average Bonchev–Trinajstić information content (AvgIpc) is 3.03. The predicted molar refractivity (Wildman–Crippen MR) is 99.1 cm³/mol. The topological polar surface area (TPSA) is 59.8 Å². The van der Waals surface area contributed by atoms with Crippen LogP contribution in [0, 0.1) is 6.92 Å². The molecule has 0 aliphatic rings. The Balaban J connectivity index is 1.73. The number of nitrogens with one attached hydrogen (secondary N) is 1. The first-order valence-corrected chi connectivity index (χ1v) is 8.57. The maximum Gasteiger partial charge on any atom is 0.278 e. The lowest BCUT2D eigenvalue weighted by molar-refractivity contribution is 0.102. The second kappa shape index (κ2) is 7.75. The van der Waals surface area contributed by atoms with Crippen molar-refractivity contribution in [1.29, 1.82) is 0 Å². The van der Waals surface area contributed by atoms with E-state index in [1.807, 2.05) is 49.4 Å². The Morgan fingerprint density at radius 2 is 1.80 bits per heavy atom. The Bertz CT molecular complexity index is 838. The maximum absolute atomic E-state index is 12.5. The summed E-state index contributed by atoms with van der Waals surface area (Å²) in [6.45, 7) is 4.02. The third-order valence-electron chi connectivity index (χ3n) is 4.14. The highest BCUT2D eigenvalue weighted by Gasteiger charge is 2.17. The number of benzene rings is 2. The first kappa shape index (κ1) is 16.9. The number of aryl methyl sites for hydroxylation is 1. The molecule has 0 atom stereocenters. The SMILES string of the molecule is CCCCc1ccc(NC(=O)c2nnn(-c3ccccc3)c2C)cc1. The second-order valence-corrected chi connectivity index (χ2v) is 6.03. The molecule has 0 unspecified atom stereocenters. The first-order valence-electron chi connectivity index (χ1n) is 8.57. The highest BCUT2D eigenvalue weighted by atomic mass is 16.2. The van der Waals surface area contributed by atoms with Crippen molar-refractivity contribution >= 4 is 11.6 Å². The van der Waals surface area contributed by atoms with Gasteiger partial charge in [-0.1, -0.05) is 48.9 Å². The fraction of sp³-hybridized carbons (Fsp3) is 0.250. The van der Waals surface area contributed by atoms with Crippen molar-refractivity contribution in [3.05, 3.63) is 71.5 Å². The second-order valence-electron chi connectivity index (χ2n) is 6.03. The molecule has 0 aliphatic carbocycles. The van der Waals surface area contributed by atoms with Gasteiger partial charge in [0.1, 0.15) is 0 Å². The van der Waals surface area contributed by atoms with E-state index in [1.165, 1.54) is 18.4 Å². The maximum atomic E-state index is 12.5. The van der Waals surface area contributed by atoms with Crippen LogP contribution in [0.25, 0.3) is 5.69 Å². The van der Waals surface area contributed by atoms with Gasteiger partial charge in [-0.25, -0.2) is 4.68 Å². The highest BCUT2D eigenvalue weighted by molar-refractivity contribution is 6.03. The molecular weight excluding hydrogens is 312 g/mol. The van der Waals surface area contributed by atoms with E-state index >= 15 is 0 Å². The van der Waals surface area contributed by atoms with E-state index in [4.69, 9.17) is 0 Å². The van der Waals surface area contributed by atoms with E-state index in [0.29, 0.717) is 11.4 Å². The van der Waals surface area contributed by atoms with E-state index in [9.17, 15) is 4.79 Å². The molecule has 0 fully saturated rings. The number of nitrogens with zero attached hydrogens (tertiary/aromatic N) is 3. The Morgan fingerprint density at radius 1 is 1.08 bits per heavy atom. The Morgan fingerprint density at radius 3 is 2.48 bits per heavy atom. The van der Waals surface area contributed by atoms with E-state index in [0.717, 1.165) is 17.8 Å². The largest absolute Gasteiger partial charge is 0.321 e. The molecule has 1 N–H and O–H groups in total. The number of unbranched alkanes of at least 4 members (excludes halogenated alkanes) is 1. The van der Waals surface area contributed by atoms with Crippen LogP contribution in [-0.2, 0) is 6.42 Å². The molecule has 0 spiro atoms. The molecule has 25 heavy (non-hydrogen) atoms. The Kier molecular flexibility index (Phi) is 5.23. The van der Waals surface area contributed by atoms with Crippen molar-refractivity contribution in [3.63, 3.8) is 0 Å². The van der Waals surface area contributed by atoms with E-state index in [-0.39, 0.29) is 5.91 Å². The van der Waals surface area contributed by atoms with Crippen LogP contribution in [0.4, 0.5) is 5.69 Å². The minimum Gasteiger partial charge on any atom is -0.321 e. The van der Waals surface area contributed by atoms with Gasteiger partial charge in [-0.15, -0.1) is 5.10 Å². The Hall–Kier alpha value is -2.95. The smallest absolute Gasteiger partial charge is 0.278 e. The molecule has 0 aliphatic heterocycles.